The summed E-state index contributed by atoms with van der Waals surface area (Å²) in [5.74, 6) is 0.125. The molecule has 2 fully saturated rings. The van der Waals surface area contributed by atoms with E-state index in [1.54, 1.807) is 0 Å². The van der Waals surface area contributed by atoms with E-state index < -0.39 is 0 Å². The van der Waals surface area contributed by atoms with E-state index in [0.717, 1.165) is 36.9 Å². The minimum atomic E-state index is 0. The highest BCUT2D eigenvalue weighted by Gasteiger charge is 2.41. The molecule has 5 rings (SSSR count). The molecule has 0 saturated carbocycles. The van der Waals surface area contributed by atoms with E-state index in [2.05, 4.69) is 46.2 Å². The number of hydrogen-bond donors (Lipinski definition) is 1. The first-order valence-electron chi connectivity index (χ1n) is 10.9. The molecule has 3 heterocycles. The van der Waals surface area contributed by atoms with Crippen LogP contribution in [0.25, 0.3) is 10.9 Å². The predicted molar refractivity (Wildman–Crippen MR) is 129 cm³/mol. The lowest BCUT2D eigenvalue weighted by atomic mass is 9.95. The third-order valence-corrected chi connectivity index (χ3v) is 7.42. The normalized spacial score (nSPS) is 23.0. The summed E-state index contributed by atoms with van der Waals surface area (Å²) in [7, 11) is 2.25. The van der Waals surface area contributed by atoms with Crippen LogP contribution >= 0.6 is 24.0 Å². The molecule has 2 saturated heterocycles. The number of H-pyrrole nitrogens is 1. The first-order chi connectivity index (χ1) is 14.6. The van der Waals surface area contributed by atoms with Crippen LogP contribution in [0.5, 0.6) is 0 Å². The van der Waals surface area contributed by atoms with Gasteiger partial charge in [-0.25, -0.2) is 0 Å². The number of carbonyl (C=O) groups excluding carboxylic acids is 1. The second-order valence-electron chi connectivity index (χ2n) is 8.79. The molecular formula is C25H29Cl2N3O. The maximum absolute atomic E-state index is 13.6. The molecule has 3 aromatic rings. The maximum atomic E-state index is 13.6. The number of rotatable bonds is 5. The fraction of sp³-hybridized carbons (Fsp3) is 0.400. The summed E-state index contributed by atoms with van der Waals surface area (Å²) in [6.45, 7) is 0.733. The summed E-state index contributed by atoms with van der Waals surface area (Å²) in [5, 5.41) is 1.91. The summed E-state index contributed by atoms with van der Waals surface area (Å²) < 4.78 is 0. The van der Waals surface area contributed by atoms with Crippen molar-refractivity contribution in [2.24, 2.45) is 0 Å². The lowest BCUT2D eigenvalue weighted by Crippen LogP contribution is -2.51. The van der Waals surface area contributed by atoms with Crippen LogP contribution in [0.1, 0.15) is 41.6 Å². The molecule has 2 aromatic carbocycles. The van der Waals surface area contributed by atoms with Crippen molar-refractivity contribution < 1.29 is 4.79 Å². The zero-order chi connectivity index (χ0) is 20.7. The van der Waals surface area contributed by atoms with E-state index in [-0.39, 0.29) is 18.3 Å². The Kier molecular flexibility index (Phi) is 6.61. The average Bonchev–Trinajstić information content (AvgIpc) is 3.24. The fourth-order valence-electron chi connectivity index (χ4n) is 5.42. The topological polar surface area (TPSA) is 39.3 Å². The van der Waals surface area contributed by atoms with Gasteiger partial charge in [-0.05, 0) is 75.0 Å². The van der Waals surface area contributed by atoms with Gasteiger partial charge in [0.25, 0.3) is 5.91 Å². The Balaban J connectivity index is 0.00000231. The number of halogens is 2. The van der Waals surface area contributed by atoms with Gasteiger partial charge >= 0.3 is 0 Å². The van der Waals surface area contributed by atoms with Gasteiger partial charge in [-0.3, -0.25) is 4.79 Å². The highest BCUT2D eigenvalue weighted by atomic mass is 35.5. The van der Waals surface area contributed by atoms with Crippen molar-refractivity contribution in [1.29, 1.82) is 0 Å². The van der Waals surface area contributed by atoms with Crippen molar-refractivity contribution in [2.75, 3.05) is 13.6 Å². The van der Waals surface area contributed by atoms with Crippen LogP contribution in [0.3, 0.4) is 0 Å². The molecule has 164 valence electrons. The van der Waals surface area contributed by atoms with Gasteiger partial charge in [0.1, 0.15) is 0 Å². The van der Waals surface area contributed by atoms with E-state index in [1.165, 1.54) is 23.8 Å². The van der Waals surface area contributed by atoms with Crippen molar-refractivity contribution in [3.63, 3.8) is 0 Å². The Morgan fingerprint density at radius 3 is 2.48 bits per heavy atom. The first kappa shape index (κ1) is 22.2. The smallest absolute Gasteiger partial charge is 0.254 e. The van der Waals surface area contributed by atoms with Crippen LogP contribution in [0.15, 0.2) is 54.7 Å². The van der Waals surface area contributed by atoms with Crippen LogP contribution in [-0.4, -0.2) is 52.4 Å². The average molecular weight is 458 g/mol. The van der Waals surface area contributed by atoms with Crippen LogP contribution in [0.4, 0.5) is 0 Å². The Morgan fingerprint density at radius 1 is 1.10 bits per heavy atom. The van der Waals surface area contributed by atoms with Crippen LogP contribution in [0, 0.1) is 0 Å². The second-order valence-corrected chi connectivity index (χ2v) is 9.23. The Bertz CT molecular complexity index is 1030. The number of hydrogen-bond acceptors (Lipinski definition) is 2. The van der Waals surface area contributed by atoms with E-state index in [9.17, 15) is 4.79 Å². The van der Waals surface area contributed by atoms with Gasteiger partial charge in [0.15, 0.2) is 0 Å². The van der Waals surface area contributed by atoms with Crippen LogP contribution < -0.4 is 0 Å². The minimum absolute atomic E-state index is 0. The highest BCUT2D eigenvalue weighted by molar-refractivity contribution is 6.30. The monoisotopic (exact) mass is 457 g/mol. The highest BCUT2D eigenvalue weighted by Crippen LogP contribution is 2.37. The largest absolute Gasteiger partial charge is 0.361 e. The number of aromatic amines is 1. The standard InChI is InChI=1S/C25H28ClN3O.ClH/c1-28-20-10-11-21(28)15-22(14-20)29(25(30)17-6-8-19(26)9-7-17)13-12-18-16-27-24-5-3-2-4-23(18)24;/h2-9,16,20-22,27H,10-15H2,1H3;1H. The second kappa shape index (κ2) is 9.23. The van der Waals surface area contributed by atoms with Gasteiger partial charge in [0, 0.05) is 52.4 Å². The number of benzene rings is 2. The zero-order valence-corrected chi connectivity index (χ0v) is 19.3. The lowest BCUT2D eigenvalue weighted by Gasteiger charge is -2.42. The van der Waals surface area contributed by atoms with Crippen molar-refractivity contribution >= 4 is 40.8 Å². The van der Waals surface area contributed by atoms with Crippen LogP contribution in [-0.2, 0) is 6.42 Å². The fourth-order valence-corrected chi connectivity index (χ4v) is 5.55. The molecule has 4 nitrogen and oxygen atoms in total. The van der Waals surface area contributed by atoms with E-state index in [1.807, 2.05) is 30.3 Å². The number of para-hydroxylation sites is 1. The summed E-state index contributed by atoms with van der Waals surface area (Å²) in [6, 6.07) is 17.2. The maximum Gasteiger partial charge on any atom is 0.254 e. The Hall–Kier alpha value is -2.01. The molecule has 6 heteroatoms. The van der Waals surface area contributed by atoms with Gasteiger partial charge in [-0.1, -0.05) is 29.8 Å². The molecular weight excluding hydrogens is 429 g/mol. The quantitative estimate of drug-likeness (QED) is 0.544. The molecule has 0 aliphatic carbocycles. The van der Waals surface area contributed by atoms with Crippen molar-refractivity contribution in [2.45, 2.75) is 50.2 Å². The number of carbonyl (C=O) groups is 1. The number of nitrogens with one attached hydrogen (secondary N) is 1. The van der Waals surface area contributed by atoms with Crippen molar-refractivity contribution in [3.05, 3.63) is 70.9 Å². The van der Waals surface area contributed by atoms with E-state index in [4.69, 9.17) is 11.6 Å². The van der Waals surface area contributed by atoms with Crippen molar-refractivity contribution in [1.82, 2.24) is 14.8 Å². The minimum Gasteiger partial charge on any atom is -0.361 e. The van der Waals surface area contributed by atoms with Crippen LogP contribution in [0.2, 0.25) is 5.02 Å². The molecule has 1 amide bonds. The van der Waals surface area contributed by atoms with Gasteiger partial charge in [-0.15, -0.1) is 12.4 Å². The summed E-state index contributed by atoms with van der Waals surface area (Å²) in [5.41, 5.74) is 3.15. The molecule has 0 radical (unpaired) electrons. The first-order valence-corrected chi connectivity index (χ1v) is 11.3. The summed E-state index contributed by atoms with van der Waals surface area (Å²) in [4.78, 5) is 21.6. The number of nitrogens with zero attached hydrogens (tertiary/aromatic N) is 2. The van der Waals surface area contributed by atoms with E-state index in [0.29, 0.717) is 23.1 Å². The number of amides is 1. The summed E-state index contributed by atoms with van der Waals surface area (Å²) >= 11 is 6.06. The van der Waals surface area contributed by atoms with Gasteiger partial charge < -0.3 is 14.8 Å². The molecule has 2 aliphatic heterocycles. The molecule has 0 spiro atoms. The number of fused-ring (bicyclic) bond motifs is 3. The van der Waals surface area contributed by atoms with Crippen molar-refractivity contribution in [3.8, 4) is 0 Å². The SMILES string of the molecule is CN1C2CCC1CC(N(CCc1c[nH]c3ccccc13)C(=O)c1ccc(Cl)cc1)C2.Cl. The molecule has 1 N–H and O–H groups in total. The molecule has 2 unspecified atom stereocenters. The van der Waals surface area contributed by atoms with Gasteiger partial charge in [0.2, 0.25) is 0 Å². The third-order valence-electron chi connectivity index (χ3n) is 7.16. The molecule has 2 bridgehead atoms. The molecule has 1 aromatic heterocycles. The molecule has 2 aliphatic rings. The predicted octanol–water partition coefficient (Wildman–Crippen LogP) is 5.55. The molecule has 31 heavy (non-hydrogen) atoms. The Labute approximate surface area is 195 Å². The van der Waals surface area contributed by atoms with Gasteiger partial charge in [0.05, 0.1) is 0 Å². The number of piperidine rings is 1. The van der Waals surface area contributed by atoms with Gasteiger partial charge in [-0.2, -0.15) is 0 Å². The lowest BCUT2D eigenvalue weighted by molar-refractivity contribution is 0.0488. The van der Waals surface area contributed by atoms with E-state index >= 15 is 0 Å². The number of aromatic nitrogens is 1. The Morgan fingerprint density at radius 2 is 1.77 bits per heavy atom. The molecule has 2 atom stereocenters. The third kappa shape index (κ3) is 4.34. The zero-order valence-electron chi connectivity index (χ0n) is 17.8. The summed E-state index contributed by atoms with van der Waals surface area (Å²) in [6.07, 6.45) is 7.59.